The van der Waals surface area contributed by atoms with E-state index in [2.05, 4.69) is 26.0 Å². The summed E-state index contributed by atoms with van der Waals surface area (Å²) >= 11 is 9.22. The van der Waals surface area contributed by atoms with Gasteiger partial charge >= 0.3 is 6.09 Å². The lowest BCUT2D eigenvalue weighted by molar-refractivity contribution is 0.179. The van der Waals surface area contributed by atoms with Crippen LogP contribution in [0.25, 0.3) is 5.65 Å². The van der Waals surface area contributed by atoms with Gasteiger partial charge in [-0.25, -0.2) is 18.7 Å². The van der Waals surface area contributed by atoms with E-state index in [1.807, 2.05) is 0 Å². The van der Waals surface area contributed by atoms with Gasteiger partial charge in [-0.3, -0.25) is 4.90 Å². The average Bonchev–Trinajstić information content (AvgIpc) is 3.13. The van der Waals surface area contributed by atoms with E-state index in [9.17, 15) is 9.18 Å². The minimum absolute atomic E-state index is 0.00579. The fourth-order valence-corrected chi connectivity index (χ4v) is 3.16. The second-order valence-corrected chi connectivity index (χ2v) is 6.44. The third-order valence-electron chi connectivity index (χ3n) is 3.76. The molecule has 3 aromatic rings. The maximum atomic E-state index is 13.4. The Morgan fingerprint density at radius 3 is 3.00 bits per heavy atom. The number of cyclic esters (lactones) is 1. The fraction of sp³-hybridized carbons (Fsp3) is 0.133. The predicted octanol–water partition coefficient (Wildman–Crippen LogP) is 3.98. The van der Waals surface area contributed by atoms with Gasteiger partial charge in [-0.2, -0.15) is 5.10 Å². The van der Waals surface area contributed by atoms with Gasteiger partial charge in [0, 0.05) is 6.20 Å². The maximum absolute atomic E-state index is 13.4. The van der Waals surface area contributed by atoms with Crippen molar-refractivity contribution in [2.45, 2.75) is 6.04 Å². The predicted molar refractivity (Wildman–Crippen MR) is 88.7 cm³/mol. The lowest BCUT2D eigenvalue weighted by Gasteiger charge is -2.21. The molecule has 0 saturated carbocycles. The van der Waals surface area contributed by atoms with Gasteiger partial charge in [0.1, 0.15) is 24.3 Å². The van der Waals surface area contributed by atoms with Crippen molar-refractivity contribution in [2.75, 3.05) is 11.5 Å². The Bertz CT molecular complexity index is 964. The van der Waals surface area contributed by atoms with Gasteiger partial charge < -0.3 is 4.74 Å². The zero-order valence-electron chi connectivity index (χ0n) is 12.0. The van der Waals surface area contributed by atoms with E-state index in [-0.39, 0.29) is 11.6 Å². The van der Waals surface area contributed by atoms with Crippen molar-refractivity contribution in [3.63, 3.8) is 0 Å². The van der Waals surface area contributed by atoms with Crippen LogP contribution in [-0.4, -0.2) is 27.3 Å². The van der Waals surface area contributed by atoms with Gasteiger partial charge in [-0.05, 0) is 39.7 Å². The van der Waals surface area contributed by atoms with Crippen LogP contribution < -0.4 is 4.90 Å². The first kappa shape index (κ1) is 15.3. The van der Waals surface area contributed by atoms with Crippen molar-refractivity contribution in [2.24, 2.45) is 0 Å². The van der Waals surface area contributed by atoms with Crippen LogP contribution in [0.2, 0.25) is 5.02 Å². The third-order valence-corrected chi connectivity index (χ3v) is 4.61. The lowest BCUT2D eigenvalue weighted by atomic mass is 10.1. The quantitative estimate of drug-likeness (QED) is 0.640. The number of rotatable bonds is 2. The first-order valence-corrected chi connectivity index (χ1v) is 8.12. The molecule has 2 aromatic heterocycles. The summed E-state index contributed by atoms with van der Waals surface area (Å²) in [5.41, 5.74) is 1.24. The van der Waals surface area contributed by atoms with E-state index in [0.717, 1.165) is 0 Å². The number of ether oxygens (including phenoxy) is 1. The van der Waals surface area contributed by atoms with Gasteiger partial charge in [0.2, 0.25) is 0 Å². The van der Waals surface area contributed by atoms with E-state index >= 15 is 0 Å². The Labute approximate surface area is 148 Å². The number of halogens is 3. The molecule has 4 rings (SSSR count). The summed E-state index contributed by atoms with van der Waals surface area (Å²) in [6, 6.07) is 5.56. The summed E-state index contributed by atoms with van der Waals surface area (Å²) in [6.07, 6.45) is 2.79. The largest absolute Gasteiger partial charge is 0.447 e. The minimum atomic E-state index is -0.520. The molecule has 0 bridgehead atoms. The molecule has 1 amide bonds. The molecule has 1 fully saturated rings. The van der Waals surface area contributed by atoms with Crippen LogP contribution in [0.3, 0.4) is 0 Å². The summed E-state index contributed by atoms with van der Waals surface area (Å²) in [5, 5.41) is 4.11. The zero-order valence-corrected chi connectivity index (χ0v) is 14.3. The topological polar surface area (TPSA) is 59.7 Å². The van der Waals surface area contributed by atoms with Crippen molar-refractivity contribution in [1.82, 2.24) is 14.6 Å². The number of carbonyl (C=O) groups excluding carboxylic acids is 1. The average molecular weight is 412 g/mol. The molecule has 3 heterocycles. The number of aromatic nitrogens is 3. The molecule has 24 heavy (non-hydrogen) atoms. The highest BCUT2D eigenvalue weighted by molar-refractivity contribution is 9.10. The molecule has 1 aliphatic heterocycles. The van der Waals surface area contributed by atoms with Crippen molar-refractivity contribution in [3.8, 4) is 0 Å². The Morgan fingerprint density at radius 2 is 2.21 bits per heavy atom. The minimum Gasteiger partial charge on any atom is -0.447 e. The third kappa shape index (κ3) is 2.42. The highest BCUT2D eigenvalue weighted by atomic mass is 79.9. The fourth-order valence-electron chi connectivity index (χ4n) is 2.61. The highest BCUT2D eigenvalue weighted by Crippen LogP contribution is 2.34. The highest BCUT2D eigenvalue weighted by Gasteiger charge is 2.36. The van der Waals surface area contributed by atoms with E-state index in [0.29, 0.717) is 21.5 Å². The van der Waals surface area contributed by atoms with E-state index < -0.39 is 18.0 Å². The van der Waals surface area contributed by atoms with Crippen LogP contribution in [-0.2, 0) is 4.74 Å². The van der Waals surface area contributed by atoms with Crippen LogP contribution in [0.5, 0.6) is 0 Å². The molecule has 1 saturated heterocycles. The second-order valence-electron chi connectivity index (χ2n) is 5.18. The molecule has 1 aliphatic rings. The summed E-state index contributed by atoms with van der Waals surface area (Å²) < 4.78 is 20.8. The normalized spacial score (nSPS) is 17.5. The molecule has 0 radical (unpaired) electrons. The van der Waals surface area contributed by atoms with Crippen molar-refractivity contribution >= 4 is 45.1 Å². The van der Waals surface area contributed by atoms with Gasteiger partial charge in [0.15, 0.2) is 5.65 Å². The Balaban J connectivity index is 1.79. The lowest BCUT2D eigenvalue weighted by Crippen LogP contribution is -2.28. The number of fused-ring (bicyclic) bond motifs is 1. The summed E-state index contributed by atoms with van der Waals surface area (Å²) in [6.45, 7) is 0.133. The number of nitrogens with zero attached hydrogens (tertiary/aromatic N) is 4. The molecule has 0 spiro atoms. The number of amides is 1. The molecule has 1 atom stereocenters. The summed E-state index contributed by atoms with van der Waals surface area (Å²) in [7, 11) is 0. The second kappa shape index (κ2) is 5.71. The first-order chi connectivity index (χ1) is 11.5. The number of benzene rings is 1. The Morgan fingerprint density at radius 1 is 1.38 bits per heavy atom. The van der Waals surface area contributed by atoms with Crippen LogP contribution in [0, 0.1) is 5.82 Å². The van der Waals surface area contributed by atoms with E-state index in [1.54, 1.807) is 29.0 Å². The summed E-state index contributed by atoms with van der Waals surface area (Å²) in [5.74, 6) is -0.100. The van der Waals surface area contributed by atoms with Gasteiger partial charge in [-0.15, -0.1) is 0 Å². The van der Waals surface area contributed by atoms with Gasteiger partial charge in [-0.1, -0.05) is 17.7 Å². The molecule has 0 unspecified atom stereocenters. The standard InChI is InChI=1S/C15H9BrClFN4O2/c16-9-6-19-21-4-3-13(20-14(9)21)22-12(7-24-15(22)23)8-1-2-11(18)10(17)5-8/h1-6,12H,7H2/t12-/m1/s1. The van der Waals surface area contributed by atoms with Gasteiger partial charge in [0.25, 0.3) is 0 Å². The molecule has 9 heteroatoms. The van der Waals surface area contributed by atoms with Crippen LogP contribution in [0.15, 0.2) is 41.1 Å². The first-order valence-electron chi connectivity index (χ1n) is 6.95. The number of hydrogen-bond donors (Lipinski definition) is 0. The van der Waals surface area contributed by atoms with E-state index in [1.165, 1.54) is 17.0 Å². The van der Waals surface area contributed by atoms with Crippen molar-refractivity contribution in [1.29, 1.82) is 0 Å². The van der Waals surface area contributed by atoms with Crippen molar-refractivity contribution in [3.05, 3.63) is 57.5 Å². The molecule has 0 aliphatic carbocycles. The van der Waals surface area contributed by atoms with E-state index in [4.69, 9.17) is 16.3 Å². The van der Waals surface area contributed by atoms with Crippen LogP contribution in [0.4, 0.5) is 15.0 Å². The SMILES string of the molecule is O=C1OC[C@H](c2ccc(F)c(Cl)c2)N1c1ccn2ncc(Br)c2n1. The Kier molecular flexibility index (Phi) is 3.65. The molecule has 122 valence electrons. The number of carbonyl (C=O) groups is 1. The van der Waals surface area contributed by atoms with Gasteiger partial charge in [0.05, 0.1) is 15.7 Å². The van der Waals surface area contributed by atoms with Crippen LogP contribution in [0.1, 0.15) is 11.6 Å². The monoisotopic (exact) mass is 410 g/mol. The smallest absolute Gasteiger partial charge is 0.416 e. The molecular formula is C15H9BrClFN4O2. The molecule has 1 aromatic carbocycles. The number of hydrogen-bond acceptors (Lipinski definition) is 4. The molecular weight excluding hydrogens is 403 g/mol. The molecule has 0 N–H and O–H groups in total. The van der Waals surface area contributed by atoms with Crippen molar-refractivity contribution < 1.29 is 13.9 Å². The number of anilines is 1. The summed E-state index contributed by atoms with van der Waals surface area (Å²) in [4.78, 5) is 18.1. The maximum Gasteiger partial charge on any atom is 0.416 e. The Hall–Kier alpha value is -2.19. The van der Waals surface area contributed by atoms with Crippen LogP contribution >= 0.6 is 27.5 Å². The molecule has 6 nitrogen and oxygen atoms in total. The zero-order chi connectivity index (χ0) is 16.8.